The highest BCUT2D eigenvalue weighted by molar-refractivity contribution is 7.19. The van der Waals surface area contributed by atoms with E-state index in [0.717, 1.165) is 10.6 Å². The van der Waals surface area contributed by atoms with Gasteiger partial charge in [0.2, 0.25) is 4.96 Å². The largest absolute Gasteiger partial charge is 0.486 e. The lowest BCUT2D eigenvalue weighted by Gasteiger charge is -2.03. The number of halogens is 1. The van der Waals surface area contributed by atoms with Crippen molar-refractivity contribution in [2.75, 3.05) is 0 Å². The normalized spacial score (nSPS) is 11.0. The highest BCUT2D eigenvalue weighted by Crippen LogP contribution is 2.24. The van der Waals surface area contributed by atoms with Crippen LogP contribution in [0.4, 0.5) is 4.39 Å². The first-order chi connectivity index (χ1) is 11.3. The molecule has 1 aromatic carbocycles. The van der Waals surface area contributed by atoms with Crippen LogP contribution in [0.2, 0.25) is 0 Å². The number of benzene rings is 1. The van der Waals surface area contributed by atoms with Crippen molar-refractivity contribution in [3.63, 3.8) is 0 Å². The Morgan fingerprint density at radius 1 is 1.13 bits per heavy atom. The summed E-state index contributed by atoms with van der Waals surface area (Å²) in [5, 5.41) is 13.5. The van der Waals surface area contributed by atoms with Crippen molar-refractivity contribution >= 4 is 16.3 Å². The summed E-state index contributed by atoms with van der Waals surface area (Å²) in [7, 11) is 0. The molecule has 0 unspecified atom stereocenters. The van der Waals surface area contributed by atoms with Gasteiger partial charge in [0, 0.05) is 18.0 Å². The summed E-state index contributed by atoms with van der Waals surface area (Å²) in [5.41, 5.74) is 0.924. The molecule has 6 nitrogen and oxygen atoms in total. The molecule has 0 bridgehead atoms. The molecule has 0 amide bonds. The van der Waals surface area contributed by atoms with E-state index in [1.54, 1.807) is 29.0 Å². The van der Waals surface area contributed by atoms with Gasteiger partial charge >= 0.3 is 0 Å². The highest BCUT2D eigenvalue weighted by atomic mass is 32.1. The minimum Gasteiger partial charge on any atom is -0.486 e. The van der Waals surface area contributed by atoms with Crippen molar-refractivity contribution in [3.05, 3.63) is 60.4 Å². The summed E-state index contributed by atoms with van der Waals surface area (Å²) in [6.45, 7) is 0.197. The minimum atomic E-state index is -0.303. The van der Waals surface area contributed by atoms with Crippen molar-refractivity contribution in [2.45, 2.75) is 6.61 Å². The molecule has 0 atom stereocenters. The fraction of sp³-hybridized carbons (Fsp3) is 0.0667. The maximum Gasteiger partial charge on any atom is 0.235 e. The Morgan fingerprint density at radius 3 is 2.78 bits per heavy atom. The zero-order chi connectivity index (χ0) is 15.6. The van der Waals surface area contributed by atoms with Crippen LogP contribution in [0.1, 0.15) is 5.82 Å². The Morgan fingerprint density at radius 2 is 2.00 bits per heavy atom. The molecule has 0 aliphatic carbocycles. The second-order valence-electron chi connectivity index (χ2n) is 4.70. The molecule has 0 radical (unpaired) electrons. The molecule has 8 heteroatoms. The summed E-state index contributed by atoms with van der Waals surface area (Å²) in [5.74, 6) is 0.837. The molecule has 3 aromatic heterocycles. The number of ether oxygens (including phenoxy) is 1. The molecule has 0 aliphatic heterocycles. The van der Waals surface area contributed by atoms with Gasteiger partial charge in [0.25, 0.3) is 0 Å². The van der Waals surface area contributed by atoms with Crippen LogP contribution in [0, 0.1) is 5.82 Å². The summed E-state index contributed by atoms with van der Waals surface area (Å²) >= 11 is 1.43. The van der Waals surface area contributed by atoms with Gasteiger partial charge in [-0.3, -0.25) is 4.98 Å². The zero-order valence-corrected chi connectivity index (χ0v) is 12.6. The number of aromatic nitrogens is 5. The van der Waals surface area contributed by atoms with Gasteiger partial charge < -0.3 is 4.74 Å². The number of rotatable bonds is 4. The fourth-order valence-electron chi connectivity index (χ4n) is 2.03. The molecule has 114 valence electrons. The van der Waals surface area contributed by atoms with Gasteiger partial charge in [-0.05, 0) is 36.4 Å². The molecule has 0 N–H and O–H groups in total. The van der Waals surface area contributed by atoms with E-state index in [1.807, 2.05) is 12.1 Å². The first-order valence-electron chi connectivity index (χ1n) is 6.79. The van der Waals surface area contributed by atoms with Crippen molar-refractivity contribution in [3.8, 4) is 16.3 Å². The number of hydrogen-bond donors (Lipinski definition) is 0. The predicted molar refractivity (Wildman–Crippen MR) is 82.6 cm³/mol. The van der Waals surface area contributed by atoms with Gasteiger partial charge in [-0.25, -0.2) is 4.39 Å². The van der Waals surface area contributed by atoms with Crippen molar-refractivity contribution < 1.29 is 9.13 Å². The van der Waals surface area contributed by atoms with Gasteiger partial charge in [0.15, 0.2) is 5.82 Å². The molecule has 0 saturated heterocycles. The number of fused-ring (bicyclic) bond motifs is 1. The highest BCUT2D eigenvalue weighted by Gasteiger charge is 2.13. The smallest absolute Gasteiger partial charge is 0.235 e. The number of pyridine rings is 1. The number of hydrogen-bond acceptors (Lipinski definition) is 6. The summed E-state index contributed by atoms with van der Waals surface area (Å²) in [6, 6.07) is 9.62. The van der Waals surface area contributed by atoms with E-state index in [9.17, 15) is 4.39 Å². The van der Waals surface area contributed by atoms with Crippen molar-refractivity contribution in [2.24, 2.45) is 0 Å². The Hall–Kier alpha value is -2.87. The quantitative estimate of drug-likeness (QED) is 0.576. The summed E-state index contributed by atoms with van der Waals surface area (Å²) in [4.78, 5) is 4.77. The molecule has 0 fully saturated rings. The van der Waals surface area contributed by atoms with Crippen molar-refractivity contribution in [1.82, 2.24) is 24.8 Å². The maximum absolute atomic E-state index is 12.9. The summed E-state index contributed by atoms with van der Waals surface area (Å²) in [6.07, 6.45) is 3.46. The average molecular weight is 327 g/mol. The second kappa shape index (κ2) is 5.73. The van der Waals surface area contributed by atoms with Crippen LogP contribution in [-0.4, -0.2) is 24.8 Å². The van der Waals surface area contributed by atoms with E-state index in [4.69, 9.17) is 4.74 Å². The molecule has 4 aromatic rings. The molecule has 3 heterocycles. The van der Waals surface area contributed by atoms with E-state index in [0.29, 0.717) is 16.5 Å². The zero-order valence-electron chi connectivity index (χ0n) is 11.8. The first kappa shape index (κ1) is 13.8. The third-order valence-electron chi connectivity index (χ3n) is 3.15. The van der Waals surface area contributed by atoms with E-state index >= 15 is 0 Å². The third-order valence-corrected chi connectivity index (χ3v) is 4.09. The summed E-state index contributed by atoms with van der Waals surface area (Å²) < 4.78 is 20.1. The molecule has 0 spiro atoms. The van der Waals surface area contributed by atoms with E-state index in [-0.39, 0.29) is 12.4 Å². The Balaban J connectivity index is 1.58. The van der Waals surface area contributed by atoms with Crippen LogP contribution in [0.5, 0.6) is 5.75 Å². The van der Waals surface area contributed by atoms with Crippen LogP contribution in [-0.2, 0) is 6.61 Å². The van der Waals surface area contributed by atoms with Gasteiger partial charge in [0.05, 0.1) is 0 Å². The Kier molecular flexibility index (Phi) is 3.43. The molecule has 0 saturated carbocycles. The molecular formula is C15H10FN5OS. The molecular weight excluding hydrogens is 317 g/mol. The van der Waals surface area contributed by atoms with Crippen LogP contribution in [0.15, 0.2) is 48.8 Å². The van der Waals surface area contributed by atoms with E-state index < -0.39 is 0 Å². The average Bonchev–Trinajstić information content (AvgIpc) is 3.16. The lowest BCUT2D eigenvalue weighted by molar-refractivity contribution is 0.292. The molecule has 0 aliphatic rings. The van der Waals surface area contributed by atoms with E-state index in [1.165, 1.54) is 23.5 Å². The minimum absolute atomic E-state index is 0.197. The SMILES string of the molecule is Fc1ccc(OCc2nnc3sc(-c4cccnc4)nn23)cc1. The molecule has 23 heavy (non-hydrogen) atoms. The van der Waals surface area contributed by atoms with Gasteiger partial charge in [-0.15, -0.1) is 10.2 Å². The fourth-order valence-corrected chi connectivity index (χ4v) is 2.88. The molecule has 4 rings (SSSR count). The van der Waals surface area contributed by atoms with E-state index in [2.05, 4.69) is 20.3 Å². The van der Waals surface area contributed by atoms with Crippen molar-refractivity contribution in [1.29, 1.82) is 0 Å². The Bertz CT molecular complexity index is 936. The van der Waals surface area contributed by atoms with Gasteiger partial charge in [0.1, 0.15) is 23.2 Å². The Labute approximate surface area is 134 Å². The topological polar surface area (TPSA) is 65.2 Å². The maximum atomic E-state index is 12.9. The monoisotopic (exact) mass is 327 g/mol. The van der Waals surface area contributed by atoms with Crippen LogP contribution >= 0.6 is 11.3 Å². The third kappa shape index (κ3) is 2.76. The van der Waals surface area contributed by atoms with Gasteiger partial charge in [-0.1, -0.05) is 11.3 Å². The van der Waals surface area contributed by atoms with Crippen LogP contribution < -0.4 is 4.74 Å². The second-order valence-corrected chi connectivity index (χ2v) is 5.66. The van der Waals surface area contributed by atoms with Crippen LogP contribution in [0.25, 0.3) is 15.5 Å². The first-order valence-corrected chi connectivity index (χ1v) is 7.61. The number of nitrogens with zero attached hydrogens (tertiary/aromatic N) is 5. The standard InChI is InChI=1S/C15H10FN5OS/c16-11-3-5-12(6-4-11)22-9-13-18-19-15-21(13)20-14(23-15)10-2-1-7-17-8-10/h1-8H,9H2. The predicted octanol–water partition coefficient (Wildman–Crippen LogP) is 2.97. The van der Waals surface area contributed by atoms with Gasteiger partial charge in [-0.2, -0.15) is 9.61 Å². The lowest BCUT2D eigenvalue weighted by atomic mass is 10.3. The lowest BCUT2D eigenvalue weighted by Crippen LogP contribution is -2.02. The van der Waals surface area contributed by atoms with Crippen LogP contribution in [0.3, 0.4) is 0 Å².